The van der Waals surface area contributed by atoms with E-state index in [1.165, 1.54) is 19.3 Å². The van der Waals surface area contributed by atoms with Gasteiger partial charge in [-0.15, -0.1) is 10.2 Å². The summed E-state index contributed by atoms with van der Waals surface area (Å²) in [5, 5.41) is 29.0. The smallest absolute Gasteiger partial charge is 0.491 e. The first kappa shape index (κ1) is 34.0. The maximum Gasteiger partial charge on any atom is 0.491 e. The quantitative estimate of drug-likeness (QED) is 0.162. The number of hydrogen-bond donors (Lipinski definition) is 3. The number of carbonyl (C=O) groups excluding carboxylic acids is 2. The zero-order valence-corrected chi connectivity index (χ0v) is 26.9. The summed E-state index contributed by atoms with van der Waals surface area (Å²) in [5.74, 6) is -8.37. The monoisotopic (exact) mass is 709 g/mol. The molecular formula is C32H33F6N7O5. The molecule has 5 aliphatic rings. The van der Waals surface area contributed by atoms with Gasteiger partial charge in [0, 0.05) is 42.0 Å². The topological polar surface area (TPSA) is 155 Å². The normalized spacial score (nSPS) is 29.0. The van der Waals surface area contributed by atoms with E-state index < -0.39 is 58.4 Å². The fourth-order valence-corrected chi connectivity index (χ4v) is 9.62. The highest BCUT2D eigenvalue weighted by Crippen LogP contribution is 2.66. The molecule has 1 saturated heterocycles. The molecule has 0 radical (unpaired) electrons. The van der Waals surface area contributed by atoms with E-state index in [9.17, 15) is 41.0 Å². The molecule has 3 aromatic rings. The van der Waals surface area contributed by atoms with E-state index in [0.717, 1.165) is 50.3 Å². The van der Waals surface area contributed by atoms with E-state index in [1.54, 1.807) is 0 Å². The van der Waals surface area contributed by atoms with E-state index in [0.29, 0.717) is 29.8 Å². The Morgan fingerprint density at radius 2 is 1.62 bits per heavy atom. The first-order chi connectivity index (χ1) is 23.3. The molecule has 4 bridgehead atoms. The number of hydrogen-bond acceptors (Lipinski definition) is 11. The Balaban J connectivity index is 1.18. The Morgan fingerprint density at radius 1 is 0.960 bits per heavy atom. The highest BCUT2D eigenvalue weighted by Gasteiger charge is 2.60. The van der Waals surface area contributed by atoms with Crippen LogP contribution in [0.2, 0.25) is 0 Å². The predicted molar refractivity (Wildman–Crippen MR) is 162 cm³/mol. The van der Waals surface area contributed by atoms with Gasteiger partial charge in [-0.2, -0.15) is 31.4 Å². The summed E-state index contributed by atoms with van der Waals surface area (Å²) < 4.78 is 88.9. The van der Waals surface area contributed by atoms with Crippen LogP contribution >= 0.6 is 0 Å². The number of ether oxygens (including phenoxy) is 2. The van der Waals surface area contributed by atoms with Crippen LogP contribution in [0.5, 0.6) is 17.2 Å². The molecule has 0 amide bonds. The van der Waals surface area contributed by atoms with Gasteiger partial charge in [0.05, 0.1) is 18.0 Å². The molecule has 1 aromatic carbocycles. The number of rotatable bonds is 7. The van der Waals surface area contributed by atoms with Gasteiger partial charge in [0.2, 0.25) is 5.95 Å². The Hall–Kier alpha value is -4.48. The van der Waals surface area contributed by atoms with Gasteiger partial charge in [-0.25, -0.2) is 14.6 Å². The molecule has 8 rings (SSSR count). The third kappa shape index (κ3) is 6.33. The zero-order chi connectivity index (χ0) is 35.9. The van der Waals surface area contributed by atoms with Crippen molar-refractivity contribution >= 4 is 17.9 Å². The van der Waals surface area contributed by atoms with E-state index in [1.807, 2.05) is 4.90 Å². The lowest BCUT2D eigenvalue weighted by molar-refractivity contribution is -0.191. The second-order valence-electron chi connectivity index (χ2n) is 14.9. The van der Waals surface area contributed by atoms with E-state index in [4.69, 9.17) is 0 Å². The van der Waals surface area contributed by atoms with Crippen molar-refractivity contribution in [3.63, 3.8) is 0 Å². The minimum atomic E-state index is -5.64. The van der Waals surface area contributed by atoms with Crippen LogP contribution in [0.4, 0.5) is 32.3 Å². The third-order valence-corrected chi connectivity index (χ3v) is 10.3. The number of alkyl halides is 6. The summed E-state index contributed by atoms with van der Waals surface area (Å²) in [5.41, 5.74) is -1.29. The Morgan fingerprint density at radius 3 is 2.18 bits per heavy atom. The number of aromatic hydroxyl groups is 1. The van der Waals surface area contributed by atoms with Crippen LogP contribution in [-0.4, -0.2) is 79.4 Å². The van der Waals surface area contributed by atoms with E-state index >= 15 is 0 Å². The Labute approximate surface area is 280 Å². The minimum Gasteiger partial charge on any atom is -0.507 e. The second-order valence-corrected chi connectivity index (χ2v) is 14.9. The Kier molecular flexibility index (Phi) is 7.84. The summed E-state index contributed by atoms with van der Waals surface area (Å²) in [6.07, 6.45) is -0.154. The molecule has 4 aliphatic carbocycles. The van der Waals surface area contributed by atoms with Gasteiger partial charge in [0.25, 0.3) is 0 Å². The molecule has 0 spiro atoms. The summed E-state index contributed by atoms with van der Waals surface area (Å²) in [6.45, 7) is 5.92. The molecule has 3 atom stereocenters. The summed E-state index contributed by atoms with van der Waals surface area (Å²) in [4.78, 5) is 30.1. The van der Waals surface area contributed by atoms with Gasteiger partial charge >= 0.3 is 24.3 Å². The lowest BCUT2D eigenvalue weighted by Gasteiger charge is -2.66. The molecule has 50 heavy (non-hydrogen) atoms. The van der Waals surface area contributed by atoms with Crippen molar-refractivity contribution in [1.82, 2.24) is 30.7 Å². The molecule has 1 aliphatic heterocycles. The number of benzene rings is 1. The number of phenols is 1. The highest BCUT2D eigenvalue weighted by atomic mass is 19.4. The van der Waals surface area contributed by atoms with Gasteiger partial charge in [-0.05, 0) is 67.8 Å². The molecule has 3 N–H and O–H groups in total. The van der Waals surface area contributed by atoms with Gasteiger partial charge in [-0.1, -0.05) is 13.8 Å². The number of nitrogens with one attached hydrogen (secondary N) is 2. The fraction of sp³-hybridized carbons (Fsp3) is 0.562. The summed E-state index contributed by atoms with van der Waals surface area (Å²) in [7, 11) is 0. The van der Waals surface area contributed by atoms with Crippen molar-refractivity contribution in [3.05, 3.63) is 24.7 Å². The molecule has 2 aromatic heterocycles. The number of nitrogens with zero attached hydrogens (tertiary/aromatic N) is 5. The average Bonchev–Trinajstić information content (AvgIpc) is 3.68. The zero-order valence-electron chi connectivity index (χ0n) is 26.9. The first-order valence-corrected chi connectivity index (χ1v) is 16.0. The molecule has 5 fully saturated rings. The number of anilines is 1. The van der Waals surface area contributed by atoms with Crippen LogP contribution in [0.3, 0.4) is 0 Å². The lowest BCUT2D eigenvalue weighted by Crippen LogP contribution is -2.66. The summed E-state index contributed by atoms with van der Waals surface area (Å²) >= 11 is 0. The number of esters is 2. The average molecular weight is 710 g/mol. The van der Waals surface area contributed by atoms with Crippen LogP contribution in [0.25, 0.3) is 22.4 Å². The van der Waals surface area contributed by atoms with Crippen molar-refractivity contribution in [2.45, 2.75) is 82.7 Å². The van der Waals surface area contributed by atoms with Crippen LogP contribution in [0.1, 0.15) is 58.8 Å². The van der Waals surface area contributed by atoms with E-state index in [-0.39, 0.29) is 23.1 Å². The summed E-state index contributed by atoms with van der Waals surface area (Å²) in [6, 6.07) is 0.933. The van der Waals surface area contributed by atoms with Gasteiger partial charge in [0.15, 0.2) is 11.5 Å². The number of halogens is 6. The van der Waals surface area contributed by atoms with Crippen LogP contribution in [0.15, 0.2) is 24.7 Å². The van der Waals surface area contributed by atoms with Crippen LogP contribution in [-0.2, 0) is 9.59 Å². The van der Waals surface area contributed by atoms with Crippen molar-refractivity contribution in [3.8, 4) is 39.6 Å². The molecule has 18 heteroatoms. The highest BCUT2D eigenvalue weighted by molar-refractivity contribution is 5.92. The maximum atomic E-state index is 13.4. The number of aromatic nitrogens is 5. The van der Waals surface area contributed by atoms with Gasteiger partial charge < -0.3 is 24.8 Å². The second kappa shape index (κ2) is 11.5. The largest absolute Gasteiger partial charge is 0.507 e. The van der Waals surface area contributed by atoms with Gasteiger partial charge in [0.1, 0.15) is 11.4 Å². The Bertz CT molecular complexity index is 1800. The molecule has 12 nitrogen and oxygen atoms in total. The van der Waals surface area contributed by atoms with Crippen molar-refractivity contribution in [2.75, 3.05) is 18.0 Å². The number of phenolic OH excluding ortho intramolecular Hbond substituents is 1. The maximum absolute atomic E-state index is 13.4. The predicted octanol–water partition coefficient (Wildman–Crippen LogP) is 5.49. The fourth-order valence-electron chi connectivity index (χ4n) is 9.62. The van der Waals surface area contributed by atoms with E-state index in [2.05, 4.69) is 54.0 Å². The molecular weight excluding hydrogens is 676 g/mol. The molecule has 4 saturated carbocycles. The lowest BCUT2D eigenvalue weighted by atomic mass is 9.42. The third-order valence-electron chi connectivity index (χ3n) is 10.3. The van der Waals surface area contributed by atoms with Crippen molar-refractivity contribution < 1.29 is 50.5 Å². The number of H-pyrrole nitrogens is 1. The molecule has 268 valence electrons. The SMILES string of the molecule is CC12CC3CC(C)(C1)CC(NC1CCN(c4ncc(-c5c(O)cc(-c6cn[nH]c6)c(OC(=O)C(F)(F)F)c5OC(=O)C(F)(F)F)nn4)C1)(C3)C2. The number of aromatic amines is 1. The van der Waals surface area contributed by atoms with Crippen LogP contribution < -0.4 is 19.7 Å². The first-order valence-electron chi connectivity index (χ1n) is 16.0. The molecule has 3 unspecified atom stereocenters. The van der Waals surface area contributed by atoms with Crippen molar-refractivity contribution in [2.24, 2.45) is 16.7 Å². The number of carbonyl (C=O) groups is 2. The van der Waals surface area contributed by atoms with Crippen LogP contribution in [0, 0.1) is 16.7 Å². The molecule has 3 heterocycles. The minimum absolute atomic E-state index is 0.0598. The standard InChI is InChI=1S/C32H33F6N7O5/c1-28-6-16-7-29(2,13-28)15-30(8-16,14-28)42-18-3-4-45(12-18)27-39-11-20(43-44-27)22-21(46)5-19(17-9-40-41-10-17)23(49-25(47)31(33,34)35)24(22)50-26(48)32(36,37)38/h5,9-11,16,18,42,46H,3-4,6-8,12-15H2,1-2H3,(H,40,41). The van der Waals surface area contributed by atoms with Gasteiger partial charge in [-0.3, -0.25) is 5.10 Å². The van der Waals surface area contributed by atoms with Crippen molar-refractivity contribution in [1.29, 1.82) is 0 Å².